The molecule has 0 spiro atoms. The van der Waals surface area contributed by atoms with Crippen molar-refractivity contribution in [3.63, 3.8) is 0 Å². The number of pyridine rings is 1. The van der Waals surface area contributed by atoms with Crippen molar-refractivity contribution in [1.82, 2.24) is 25.1 Å². The first-order valence-electron chi connectivity index (χ1n) is 6.46. The van der Waals surface area contributed by atoms with Gasteiger partial charge in [0, 0.05) is 12.7 Å². The lowest BCUT2D eigenvalue weighted by Gasteiger charge is -2.14. The molecular weight excluding hydrogens is 258 g/mol. The summed E-state index contributed by atoms with van der Waals surface area (Å²) in [6.45, 7) is 4.60. The van der Waals surface area contributed by atoms with E-state index in [9.17, 15) is 9.90 Å². The highest BCUT2D eigenvalue weighted by molar-refractivity contribution is 5.94. The van der Waals surface area contributed by atoms with Gasteiger partial charge in [0.15, 0.2) is 5.69 Å². The van der Waals surface area contributed by atoms with E-state index in [1.807, 2.05) is 13.8 Å². The van der Waals surface area contributed by atoms with Crippen LogP contribution in [0.3, 0.4) is 0 Å². The second-order valence-corrected chi connectivity index (χ2v) is 4.41. The maximum atomic E-state index is 12.0. The highest BCUT2D eigenvalue weighted by Crippen LogP contribution is 2.15. The van der Waals surface area contributed by atoms with Crippen LogP contribution >= 0.6 is 0 Å². The van der Waals surface area contributed by atoms with E-state index in [1.165, 1.54) is 18.6 Å². The summed E-state index contributed by atoms with van der Waals surface area (Å²) in [4.78, 5) is 20.1. The number of hydrogen-bond acceptors (Lipinski definition) is 5. The number of amides is 1. The maximum Gasteiger partial charge on any atom is 0.274 e. The summed E-state index contributed by atoms with van der Waals surface area (Å²) in [5, 5.41) is 16.5. The Morgan fingerprint density at radius 2 is 2.30 bits per heavy atom. The minimum absolute atomic E-state index is 0.000840. The first-order chi connectivity index (χ1) is 9.63. The highest BCUT2D eigenvalue weighted by Gasteiger charge is 2.19. The third-order valence-corrected chi connectivity index (χ3v) is 2.82. The van der Waals surface area contributed by atoms with E-state index in [0.717, 1.165) is 13.0 Å². The molecule has 7 heteroatoms. The van der Waals surface area contributed by atoms with Crippen LogP contribution in [0.4, 0.5) is 0 Å². The molecule has 2 aromatic heterocycles. The molecule has 0 aliphatic carbocycles. The molecule has 20 heavy (non-hydrogen) atoms. The number of rotatable bonds is 5. The van der Waals surface area contributed by atoms with Gasteiger partial charge in [-0.05, 0) is 25.5 Å². The molecule has 0 aliphatic rings. The molecule has 2 N–H and O–H groups in total. The van der Waals surface area contributed by atoms with Crippen molar-refractivity contribution in [2.45, 2.75) is 32.9 Å². The van der Waals surface area contributed by atoms with Crippen molar-refractivity contribution in [1.29, 1.82) is 0 Å². The lowest BCUT2D eigenvalue weighted by Crippen LogP contribution is -2.29. The fourth-order valence-corrected chi connectivity index (χ4v) is 1.89. The second-order valence-electron chi connectivity index (χ2n) is 4.41. The molecule has 106 valence electrons. The van der Waals surface area contributed by atoms with Crippen LogP contribution in [0.2, 0.25) is 0 Å². The largest absolute Gasteiger partial charge is 0.505 e. The van der Waals surface area contributed by atoms with Crippen LogP contribution in [0.25, 0.3) is 0 Å². The predicted octanol–water partition coefficient (Wildman–Crippen LogP) is 1.28. The van der Waals surface area contributed by atoms with Crippen molar-refractivity contribution in [2.24, 2.45) is 0 Å². The second kappa shape index (κ2) is 6.14. The van der Waals surface area contributed by atoms with Gasteiger partial charge < -0.3 is 10.4 Å². The Balaban J connectivity index is 2.11. The Morgan fingerprint density at radius 3 is 3.00 bits per heavy atom. The molecule has 0 saturated heterocycles. The van der Waals surface area contributed by atoms with Crippen LogP contribution in [0, 0.1) is 0 Å². The molecule has 7 nitrogen and oxygen atoms in total. The van der Waals surface area contributed by atoms with Crippen LogP contribution in [0.5, 0.6) is 5.75 Å². The van der Waals surface area contributed by atoms with Gasteiger partial charge in [0.25, 0.3) is 5.91 Å². The number of hydrogen-bond donors (Lipinski definition) is 2. The molecule has 2 heterocycles. The maximum absolute atomic E-state index is 12.0. The van der Waals surface area contributed by atoms with Crippen LogP contribution in [-0.2, 0) is 6.54 Å². The lowest BCUT2D eigenvalue weighted by molar-refractivity contribution is 0.0929. The fraction of sp³-hybridized carbons (Fsp3) is 0.385. The standard InChI is InChI=1S/C13H17N5O2/c1-3-7-18-12(15-8-16-18)9(2)17-13(20)11-10(19)5-4-6-14-11/h4-6,8-9,19H,3,7H2,1-2H3,(H,17,20)/t9-/m0/s1. The van der Waals surface area contributed by atoms with Crippen LogP contribution in [0.15, 0.2) is 24.7 Å². The molecule has 2 aromatic rings. The van der Waals surface area contributed by atoms with Crippen molar-refractivity contribution < 1.29 is 9.90 Å². The van der Waals surface area contributed by atoms with E-state index in [0.29, 0.717) is 5.82 Å². The Kier molecular flexibility index (Phi) is 4.29. The number of aromatic nitrogens is 4. The van der Waals surface area contributed by atoms with Crippen molar-refractivity contribution in [2.75, 3.05) is 0 Å². The Morgan fingerprint density at radius 1 is 1.50 bits per heavy atom. The summed E-state index contributed by atoms with van der Waals surface area (Å²) < 4.78 is 1.75. The molecule has 1 amide bonds. The van der Waals surface area contributed by atoms with Gasteiger partial charge in [-0.3, -0.25) is 4.79 Å². The van der Waals surface area contributed by atoms with Crippen molar-refractivity contribution >= 4 is 5.91 Å². The van der Waals surface area contributed by atoms with E-state index in [2.05, 4.69) is 20.4 Å². The third-order valence-electron chi connectivity index (χ3n) is 2.82. The fourth-order valence-electron chi connectivity index (χ4n) is 1.89. The summed E-state index contributed by atoms with van der Waals surface area (Å²) in [6, 6.07) is 2.66. The first kappa shape index (κ1) is 14.0. The van der Waals surface area contributed by atoms with E-state index in [1.54, 1.807) is 10.7 Å². The number of carbonyl (C=O) groups is 1. The molecular formula is C13H17N5O2. The summed E-state index contributed by atoms with van der Waals surface area (Å²) in [5.41, 5.74) is 0.000840. The van der Waals surface area contributed by atoms with Crippen molar-refractivity contribution in [3.8, 4) is 5.75 Å². The topological polar surface area (TPSA) is 92.9 Å². The Labute approximate surface area is 116 Å². The number of aromatic hydroxyl groups is 1. The first-order valence-corrected chi connectivity index (χ1v) is 6.46. The quantitative estimate of drug-likeness (QED) is 0.857. The normalized spacial score (nSPS) is 12.1. The number of aryl methyl sites for hydroxylation is 1. The Hall–Kier alpha value is -2.44. The van der Waals surface area contributed by atoms with Crippen LogP contribution in [0.1, 0.15) is 42.6 Å². The summed E-state index contributed by atoms with van der Waals surface area (Å²) >= 11 is 0. The molecule has 0 saturated carbocycles. The van der Waals surface area contributed by atoms with Crippen LogP contribution < -0.4 is 5.32 Å². The molecule has 0 unspecified atom stereocenters. The zero-order chi connectivity index (χ0) is 14.5. The smallest absolute Gasteiger partial charge is 0.274 e. The highest BCUT2D eigenvalue weighted by atomic mass is 16.3. The van der Waals surface area contributed by atoms with E-state index in [4.69, 9.17) is 0 Å². The summed E-state index contributed by atoms with van der Waals surface area (Å²) in [5.74, 6) is 0.0875. The van der Waals surface area contributed by atoms with Gasteiger partial charge in [-0.15, -0.1) is 0 Å². The molecule has 0 fully saturated rings. The van der Waals surface area contributed by atoms with Gasteiger partial charge in [0.05, 0.1) is 6.04 Å². The molecule has 0 aliphatic heterocycles. The third kappa shape index (κ3) is 2.93. The van der Waals surface area contributed by atoms with Crippen LogP contribution in [-0.4, -0.2) is 30.8 Å². The van der Waals surface area contributed by atoms with Gasteiger partial charge in [0.2, 0.25) is 0 Å². The zero-order valence-electron chi connectivity index (χ0n) is 11.4. The SMILES string of the molecule is CCCn1ncnc1[C@H](C)NC(=O)c1ncccc1O. The van der Waals surface area contributed by atoms with Gasteiger partial charge in [-0.1, -0.05) is 6.92 Å². The molecule has 0 bridgehead atoms. The van der Waals surface area contributed by atoms with E-state index in [-0.39, 0.29) is 17.5 Å². The van der Waals surface area contributed by atoms with Gasteiger partial charge >= 0.3 is 0 Å². The number of nitrogens with zero attached hydrogens (tertiary/aromatic N) is 4. The van der Waals surface area contributed by atoms with Gasteiger partial charge in [-0.2, -0.15) is 5.10 Å². The lowest BCUT2D eigenvalue weighted by atomic mass is 10.2. The average molecular weight is 275 g/mol. The zero-order valence-corrected chi connectivity index (χ0v) is 11.4. The summed E-state index contributed by atoms with van der Waals surface area (Å²) in [7, 11) is 0. The molecule has 0 radical (unpaired) electrons. The average Bonchev–Trinajstić information content (AvgIpc) is 2.88. The summed E-state index contributed by atoms with van der Waals surface area (Å²) in [6.07, 6.45) is 3.85. The minimum atomic E-state index is -0.443. The monoisotopic (exact) mass is 275 g/mol. The minimum Gasteiger partial charge on any atom is -0.505 e. The van der Waals surface area contributed by atoms with E-state index >= 15 is 0 Å². The van der Waals surface area contributed by atoms with Gasteiger partial charge in [0.1, 0.15) is 17.9 Å². The van der Waals surface area contributed by atoms with Gasteiger partial charge in [-0.25, -0.2) is 14.6 Å². The number of nitrogens with one attached hydrogen (secondary N) is 1. The molecule has 1 atom stereocenters. The Bertz CT molecular complexity index is 596. The van der Waals surface area contributed by atoms with Crippen molar-refractivity contribution in [3.05, 3.63) is 36.2 Å². The molecule has 0 aromatic carbocycles. The number of carbonyl (C=O) groups excluding carboxylic acids is 1. The predicted molar refractivity (Wildman–Crippen MR) is 72.1 cm³/mol. The molecule has 2 rings (SSSR count). The van der Waals surface area contributed by atoms with E-state index < -0.39 is 5.91 Å².